The molecule has 0 saturated carbocycles. The van der Waals surface area contributed by atoms with E-state index in [0.717, 1.165) is 5.01 Å². The number of anilines is 1. The molecule has 8 heteroatoms. The summed E-state index contributed by atoms with van der Waals surface area (Å²) in [4.78, 5) is 38.7. The fraction of sp³-hybridized carbons (Fsp3) is 0.421. The Morgan fingerprint density at radius 1 is 1.37 bits per heavy atom. The lowest BCUT2D eigenvalue weighted by Gasteiger charge is -2.30. The van der Waals surface area contributed by atoms with Gasteiger partial charge in [-0.3, -0.25) is 9.59 Å². The highest BCUT2D eigenvalue weighted by Crippen LogP contribution is 2.32. The van der Waals surface area contributed by atoms with Crippen LogP contribution in [-0.2, 0) is 9.53 Å². The first-order chi connectivity index (χ1) is 12.5. The van der Waals surface area contributed by atoms with Gasteiger partial charge in [-0.2, -0.15) is 0 Å². The number of hydrogen-bond donors (Lipinski definition) is 1. The first-order valence-electron chi connectivity index (χ1n) is 8.60. The number of amides is 2. The number of halogens is 1. The highest BCUT2D eigenvalue weighted by atomic mass is 35.5. The minimum Gasteiger partial charge on any atom is -0.442 e. The summed E-state index contributed by atoms with van der Waals surface area (Å²) in [6, 6.07) is 4.85. The molecule has 0 spiro atoms. The molecule has 0 saturated heterocycles. The number of hydrazine groups is 1. The first kappa shape index (κ1) is 20.8. The van der Waals surface area contributed by atoms with E-state index in [2.05, 4.69) is 5.43 Å². The van der Waals surface area contributed by atoms with E-state index in [1.807, 2.05) is 0 Å². The highest BCUT2D eigenvalue weighted by Gasteiger charge is 2.30. The number of carbonyl (C=O) groups excluding carboxylic acids is 3. The number of fused-ring (bicyclic) bond motifs is 1. The Hall–Kier alpha value is -2.54. The second-order valence-electron chi connectivity index (χ2n) is 7.16. The van der Waals surface area contributed by atoms with Gasteiger partial charge in [0.05, 0.1) is 12.2 Å². The summed E-state index contributed by atoms with van der Waals surface area (Å²) in [6.07, 6.45) is 1.12. The van der Waals surface area contributed by atoms with Gasteiger partial charge in [0, 0.05) is 35.8 Å². The average molecular weight is 394 g/mol. The van der Waals surface area contributed by atoms with Crippen molar-refractivity contribution in [2.24, 2.45) is 0 Å². The van der Waals surface area contributed by atoms with Crippen molar-refractivity contribution in [3.63, 3.8) is 0 Å². The highest BCUT2D eigenvalue weighted by molar-refractivity contribution is 6.31. The number of ketones is 1. The van der Waals surface area contributed by atoms with Gasteiger partial charge in [0.15, 0.2) is 5.78 Å². The molecular weight excluding hydrogens is 370 g/mol. The van der Waals surface area contributed by atoms with Crippen LogP contribution < -0.4 is 10.3 Å². The van der Waals surface area contributed by atoms with Crippen molar-refractivity contribution in [3.05, 3.63) is 40.6 Å². The molecule has 0 fully saturated rings. The summed E-state index contributed by atoms with van der Waals surface area (Å²) in [5.41, 5.74) is 3.32. The molecule has 0 aliphatic carbocycles. The predicted octanol–water partition coefficient (Wildman–Crippen LogP) is 3.53. The van der Waals surface area contributed by atoms with Crippen LogP contribution in [0.15, 0.2) is 30.0 Å². The lowest BCUT2D eigenvalue weighted by atomic mass is 9.96. The molecule has 1 aliphatic rings. The largest absolute Gasteiger partial charge is 0.442 e. The van der Waals surface area contributed by atoms with Crippen LogP contribution in [0.4, 0.5) is 10.5 Å². The number of nitrogens with one attached hydrogen (secondary N) is 1. The zero-order valence-corrected chi connectivity index (χ0v) is 16.9. The van der Waals surface area contributed by atoms with Gasteiger partial charge in [0.1, 0.15) is 5.60 Å². The van der Waals surface area contributed by atoms with E-state index in [4.69, 9.17) is 16.3 Å². The van der Waals surface area contributed by atoms with Gasteiger partial charge in [-0.25, -0.2) is 9.80 Å². The molecule has 2 amide bonds. The smallest absolute Gasteiger partial charge is 0.428 e. The van der Waals surface area contributed by atoms with E-state index >= 15 is 0 Å². The third-order valence-corrected chi connectivity index (χ3v) is 4.05. The Bertz CT molecular complexity index is 799. The third-order valence-electron chi connectivity index (χ3n) is 3.82. The van der Waals surface area contributed by atoms with Gasteiger partial charge in [0.2, 0.25) is 5.91 Å². The lowest BCUT2D eigenvalue weighted by Crippen LogP contribution is -2.42. The molecule has 1 aromatic rings. The van der Waals surface area contributed by atoms with Crippen LogP contribution in [0.25, 0.3) is 0 Å². The van der Waals surface area contributed by atoms with Crippen molar-refractivity contribution >= 4 is 35.1 Å². The van der Waals surface area contributed by atoms with E-state index in [1.54, 1.807) is 45.9 Å². The molecule has 0 bridgehead atoms. The number of nitrogens with zero attached hydrogens (tertiary/aromatic N) is 2. The van der Waals surface area contributed by atoms with Gasteiger partial charge in [-0.15, -0.1) is 0 Å². The van der Waals surface area contributed by atoms with Crippen molar-refractivity contribution in [2.45, 2.75) is 39.7 Å². The van der Waals surface area contributed by atoms with Crippen molar-refractivity contribution in [3.8, 4) is 0 Å². The van der Waals surface area contributed by atoms with Crippen LogP contribution in [0.5, 0.6) is 0 Å². The van der Waals surface area contributed by atoms with Crippen molar-refractivity contribution in [1.82, 2.24) is 10.4 Å². The van der Waals surface area contributed by atoms with Crippen LogP contribution in [0.2, 0.25) is 5.02 Å². The predicted molar refractivity (Wildman–Crippen MR) is 104 cm³/mol. The molecule has 0 unspecified atom stereocenters. The van der Waals surface area contributed by atoms with E-state index in [9.17, 15) is 14.4 Å². The van der Waals surface area contributed by atoms with Crippen LogP contribution in [0, 0.1) is 0 Å². The molecule has 1 heterocycles. The Kier molecular flexibility index (Phi) is 6.15. The standard InChI is InChI=1S/C19H24ClN3O4/c1-6-16(24)23-11-12(10-21-22(5)18(26)27-19(2,3)4)17(25)14-9-13(20)7-8-15(14)23/h7-10,21H,6,11H2,1-5H3/b12-10+. The minimum absolute atomic E-state index is 0.106. The minimum atomic E-state index is -0.638. The van der Waals surface area contributed by atoms with Crippen molar-refractivity contribution in [2.75, 3.05) is 18.5 Å². The summed E-state index contributed by atoms with van der Waals surface area (Å²) >= 11 is 6.02. The number of hydrogen-bond acceptors (Lipinski definition) is 5. The SMILES string of the molecule is CCC(=O)N1C/C(=C\NN(C)C(=O)OC(C)(C)C)C(=O)c2cc(Cl)ccc21. The van der Waals surface area contributed by atoms with Gasteiger partial charge < -0.3 is 15.1 Å². The van der Waals surface area contributed by atoms with Crippen molar-refractivity contribution in [1.29, 1.82) is 0 Å². The zero-order chi connectivity index (χ0) is 20.4. The van der Waals surface area contributed by atoms with Gasteiger partial charge >= 0.3 is 6.09 Å². The summed E-state index contributed by atoms with van der Waals surface area (Å²) in [6.45, 7) is 7.14. The summed E-state index contributed by atoms with van der Waals surface area (Å²) in [7, 11) is 1.48. The lowest BCUT2D eigenvalue weighted by molar-refractivity contribution is -0.118. The first-order valence-corrected chi connectivity index (χ1v) is 8.98. The molecule has 0 radical (unpaired) electrons. The number of rotatable bonds is 3. The molecule has 146 valence electrons. The second kappa shape index (κ2) is 8.00. The maximum absolute atomic E-state index is 12.8. The quantitative estimate of drug-likeness (QED) is 0.627. The van der Waals surface area contributed by atoms with Crippen LogP contribution in [-0.4, -0.2) is 42.0 Å². The number of Topliss-reactive ketones (excluding diaryl/α,β-unsaturated/α-hetero) is 1. The molecule has 1 aromatic carbocycles. The summed E-state index contributed by atoms with van der Waals surface area (Å²) in [5, 5.41) is 1.54. The van der Waals surface area contributed by atoms with Gasteiger partial charge in [0.25, 0.3) is 0 Å². The molecule has 27 heavy (non-hydrogen) atoms. The summed E-state index contributed by atoms with van der Waals surface area (Å²) in [5.74, 6) is -0.366. The molecule has 0 atom stereocenters. The normalized spacial score (nSPS) is 15.4. The zero-order valence-electron chi connectivity index (χ0n) is 16.1. The Balaban J connectivity index is 2.27. The van der Waals surface area contributed by atoms with Gasteiger partial charge in [-0.1, -0.05) is 18.5 Å². The van der Waals surface area contributed by atoms with Crippen LogP contribution in [0.1, 0.15) is 44.5 Å². The maximum Gasteiger partial charge on any atom is 0.428 e. The van der Waals surface area contributed by atoms with Crippen LogP contribution >= 0.6 is 11.6 Å². The average Bonchev–Trinajstić information content (AvgIpc) is 2.59. The number of carbonyl (C=O) groups is 3. The number of ether oxygens (including phenoxy) is 1. The molecule has 2 rings (SSSR count). The van der Waals surface area contributed by atoms with E-state index in [-0.39, 0.29) is 18.2 Å². The number of benzene rings is 1. The Labute approximate surface area is 163 Å². The molecular formula is C19H24ClN3O4. The monoisotopic (exact) mass is 393 g/mol. The van der Waals surface area contributed by atoms with E-state index in [0.29, 0.717) is 28.3 Å². The van der Waals surface area contributed by atoms with Crippen molar-refractivity contribution < 1.29 is 19.1 Å². The fourth-order valence-electron chi connectivity index (χ4n) is 2.51. The maximum atomic E-state index is 12.8. The Morgan fingerprint density at radius 3 is 2.63 bits per heavy atom. The molecule has 7 nitrogen and oxygen atoms in total. The van der Waals surface area contributed by atoms with Crippen LogP contribution in [0.3, 0.4) is 0 Å². The Morgan fingerprint density at radius 2 is 2.04 bits per heavy atom. The molecule has 0 aromatic heterocycles. The van der Waals surface area contributed by atoms with E-state index in [1.165, 1.54) is 18.1 Å². The van der Waals surface area contributed by atoms with Gasteiger partial charge in [-0.05, 0) is 39.0 Å². The molecule has 1 aliphatic heterocycles. The molecule has 1 N–H and O–H groups in total. The third kappa shape index (κ3) is 5.01. The fourth-order valence-corrected chi connectivity index (χ4v) is 2.68. The second-order valence-corrected chi connectivity index (χ2v) is 7.60. The summed E-state index contributed by atoms with van der Waals surface area (Å²) < 4.78 is 5.24. The topological polar surface area (TPSA) is 79.0 Å². The van der Waals surface area contributed by atoms with E-state index < -0.39 is 11.7 Å².